The fourth-order valence-corrected chi connectivity index (χ4v) is 3.33. The Kier molecular flexibility index (Phi) is 4.56. The summed E-state index contributed by atoms with van der Waals surface area (Å²) in [6, 6.07) is 12.3. The molecule has 0 spiro atoms. The molecule has 28 heavy (non-hydrogen) atoms. The zero-order chi connectivity index (χ0) is 19.7. The van der Waals surface area contributed by atoms with Crippen LogP contribution in [0.3, 0.4) is 0 Å². The average Bonchev–Trinajstić information content (AvgIpc) is 3.13. The highest BCUT2D eigenvalue weighted by Crippen LogP contribution is 2.19. The molecular weight excluding hydrogens is 360 g/mol. The van der Waals surface area contributed by atoms with E-state index in [2.05, 4.69) is 20.6 Å². The molecule has 0 saturated heterocycles. The largest absolute Gasteiger partial charge is 0.506 e. The van der Waals surface area contributed by atoms with Crippen LogP contribution in [0.4, 0.5) is 5.69 Å². The number of nitrogens with zero attached hydrogens (tertiary/aromatic N) is 4. The number of para-hydroxylation sites is 1. The summed E-state index contributed by atoms with van der Waals surface area (Å²) in [6.07, 6.45) is 0. The Morgan fingerprint density at radius 1 is 1.25 bits per heavy atom. The first-order valence-corrected chi connectivity index (χ1v) is 8.92. The minimum absolute atomic E-state index is 0.121. The first-order valence-electron chi connectivity index (χ1n) is 8.92. The molecule has 1 aromatic heterocycles. The fraction of sp³-hybridized carbons (Fsp3) is 0.263. The lowest BCUT2D eigenvalue weighted by Gasteiger charge is -2.15. The van der Waals surface area contributed by atoms with Crippen molar-refractivity contribution in [1.29, 1.82) is 0 Å². The third-order valence-corrected chi connectivity index (χ3v) is 4.73. The molecule has 1 unspecified atom stereocenters. The number of aromatic hydroxyl groups is 1. The first kappa shape index (κ1) is 17.8. The normalized spacial score (nSPS) is 16.0. The molecule has 1 atom stereocenters. The lowest BCUT2D eigenvalue weighted by Crippen LogP contribution is -2.39. The number of aromatic amines is 1. The molecule has 3 aromatic rings. The minimum Gasteiger partial charge on any atom is -0.506 e. The van der Waals surface area contributed by atoms with Gasteiger partial charge in [0.15, 0.2) is 0 Å². The number of fused-ring (bicyclic) bond motifs is 1. The van der Waals surface area contributed by atoms with Gasteiger partial charge in [0.25, 0.3) is 5.56 Å². The third-order valence-electron chi connectivity index (χ3n) is 4.73. The van der Waals surface area contributed by atoms with Crippen LogP contribution < -0.4 is 16.6 Å². The maximum atomic E-state index is 12.7. The third kappa shape index (κ3) is 3.34. The standard InChI is InChI=1S/C19H20N6O3/c1-20-13-5-2-4-12(8-13)9-24-10-14(22-23-24)11-25-18(27)15-6-3-7-16(26)17(15)21-19(25)28/h2-8,14,20,26H,9-11H2,1H3,(H,21,28). The van der Waals surface area contributed by atoms with Gasteiger partial charge in [-0.15, -0.1) is 0 Å². The van der Waals surface area contributed by atoms with Gasteiger partial charge in [0, 0.05) is 12.7 Å². The summed E-state index contributed by atoms with van der Waals surface area (Å²) in [5, 5.41) is 23.4. The van der Waals surface area contributed by atoms with Crippen LogP contribution in [0.2, 0.25) is 0 Å². The van der Waals surface area contributed by atoms with E-state index >= 15 is 0 Å². The Morgan fingerprint density at radius 3 is 2.89 bits per heavy atom. The van der Waals surface area contributed by atoms with Crippen molar-refractivity contribution >= 4 is 16.6 Å². The summed E-state index contributed by atoms with van der Waals surface area (Å²) in [4.78, 5) is 27.6. The number of rotatable bonds is 5. The Hall–Kier alpha value is -3.62. The number of phenols is 1. The van der Waals surface area contributed by atoms with Gasteiger partial charge in [0.05, 0.1) is 30.5 Å². The predicted octanol–water partition coefficient (Wildman–Crippen LogP) is 1.69. The second kappa shape index (κ2) is 7.18. The van der Waals surface area contributed by atoms with Crippen molar-refractivity contribution in [3.05, 3.63) is 68.9 Å². The molecule has 2 heterocycles. The lowest BCUT2D eigenvalue weighted by molar-refractivity contribution is 0.294. The molecule has 144 valence electrons. The monoisotopic (exact) mass is 380 g/mol. The Balaban J connectivity index is 1.51. The van der Waals surface area contributed by atoms with E-state index in [1.807, 2.05) is 36.3 Å². The van der Waals surface area contributed by atoms with Crippen molar-refractivity contribution in [3.8, 4) is 5.75 Å². The fourth-order valence-electron chi connectivity index (χ4n) is 3.33. The number of benzene rings is 2. The van der Waals surface area contributed by atoms with Crippen LogP contribution in [-0.4, -0.2) is 39.3 Å². The second-order valence-electron chi connectivity index (χ2n) is 6.70. The highest BCUT2D eigenvalue weighted by Gasteiger charge is 2.22. The van der Waals surface area contributed by atoms with Gasteiger partial charge in [-0.3, -0.25) is 14.4 Å². The van der Waals surface area contributed by atoms with Crippen molar-refractivity contribution in [2.75, 3.05) is 18.9 Å². The molecule has 4 rings (SSSR count). The van der Waals surface area contributed by atoms with E-state index in [4.69, 9.17) is 0 Å². The summed E-state index contributed by atoms with van der Waals surface area (Å²) in [5.41, 5.74) is 1.22. The first-order chi connectivity index (χ1) is 13.5. The van der Waals surface area contributed by atoms with Gasteiger partial charge in [0.1, 0.15) is 11.8 Å². The van der Waals surface area contributed by atoms with Gasteiger partial charge in [0.2, 0.25) is 0 Å². The molecular formula is C19H20N6O3. The molecule has 0 fully saturated rings. The van der Waals surface area contributed by atoms with Gasteiger partial charge in [-0.1, -0.05) is 23.4 Å². The van der Waals surface area contributed by atoms with E-state index in [9.17, 15) is 14.7 Å². The van der Waals surface area contributed by atoms with Crippen LogP contribution in [0.15, 0.2) is 62.4 Å². The number of hydrogen-bond donors (Lipinski definition) is 3. The SMILES string of the molecule is CNc1cccc(CN2CC(Cn3c(=O)[nH]c4c(O)cccc4c3=O)N=N2)c1. The Bertz CT molecular complexity index is 1170. The van der Waals surface area contributed by atoms with Gasteiger partial charge in [-0.05, 0) is 29.8 Å². The summed E-state index contributed by atoms with van der Waals surface area (Å²) < 4.78 is 1.11. The summed E-state index contributed by atoms with van der Waals surface area (Å²) in [7, 11) is 1.86. The van der Waals surface area contributed by atoms with Crippen molar-refractivity contribution in [1.82, 2.24) is 14.6 Å². The zero-order valence-corrected chi connectivity index (χ0v) is 15.3. The van der Waals surface area contributed by atoms with Crippen LogP contribution >= 0.6 is 0 Å². The number of anilines is 1. The van der Waals surface area contributed by atoms with Gasteiger partial charge >= 0.3 is 5.69 Å². The highest BCUT2D eigenvalue weighted by atomic mass is 16.3. The summed E-state index contributed by atoms with van der Waals surface area (Å²) >= 11 is 0. The number of H-pyrrole nitrogens is 1. The van der Waals surface area contributed by atoms with Crippen molar-refractivity contribution in [3.63, 3.8) is 0 Å². The van der Waals surface area contributed by atoms with Crippen molar-refractivity contribution in [2.24, 2.45) is 10.3 Å². The molecule has 0 aliphatic carbocycles. The van der Waals surface area contributed by atoms with Crippen LogP contribution in [-0.2, 0) is 13.1 Å². The van der Waals surface area contributed by atoms with E-state index in [1.165, 1.54) is 6.07 Å². The van der Waals surface area contributed by atoms with Crippen LogP contribution in [0, 0.1) is 0 Å². The molecule has 0 amide bonds. The maximum Gasteiger partial charge on any atom is 0.329 e. The van der Waals surface area contributed by atoms with Crippen molar-refractivity contribution < 1.29 is 5.11 Å². The zero-order valence-electron chi connectivity index (χ0n) is 15.3. The molecule has 0 saturated carbocycles. The quantitative estimate of drug-likeness (QED) is 0.623. The number of hydrogen-bond acceptors (Lipinski definition) is 7. The van der Waals surface area contributed by atoms with Gasteiger partial charge in [-0.2, -0.15) is 5.11 Å². The summed E-state index contributed by atoms with van der Waals surface area (Å²) in [6.45, 7) is 1.22. The summed E-state index contributed by atoms with van der Waals surface area (Å²) in [5.74, 6) is -0.130. The minimum atomic E-state index is -0.575. The van der Waals surface area contributed by atoms with E-state index in [0.717, 1.165) is 15.8 Å². The Labute approximate surface area is 159 Å². The molecule has 0 bridgehead atoms. The van der Waals surface area contributed by atoms with Crippen LogP contribution in [0.5, 0.6) is 5.75 Å². The van der Waals surface area contributed by atoms with E-state index in [-0.39, 0.29) is 29.2 Å². The van der Waals surface area contributed by atoms with E-state index < -0.39 is 11.2 Å². The molecule has 0 radical (unpaired) electrons. The van der Waals surface area contributed by atoms with E-state index in [1.54, 1.807) is 12.1 Å². The molecule has 1 aliphatic rings. The maximum absolute atomic E-state index is 12.7. The van der Waals surface area contributed by atoms with Crippen molar-refractivity contribution in [2.45, 2.75) is 19.1 Å². The number of phenolic OH excluding ortho intramolecular Hbond substituents is 1. The lowest BCUT2D eigenvalue weighted by atomic mass is 10.2. The topological polar surface area (TPSA) is 115 Å². The molecule has 9 heteroatoms. The van der Waals surface area contributed by atoms with Gasteiger partial charge in [-0.25, -0.2) is 4.79 Å². The predicted molar refractivity (Wildman–Crippen MR) is 106 cm³/mol. The molecule has 1 aliphatic heterocycles. The smallest absolute Gasteiger partial charge is 0.329 e. The Morgan fingerprint density at radius 2 is 2.07 bits per heavy atom. The number of nitrogens with one attached hydrogen (secondary N) is 2. The van der Waals surface area contributed by atoms with E-state index in [0.29, 0.717) is 13.1 Å². The highest BCUT2D eigenvalue weighted by molar-refractivity contribution is 5.82. The van der Waals surface area contributed by atoms with Crippen LogP contribution in [0.25, 0.3) is 10.9 Å². The number of aromatic nitrogens is 2. The second-order valence-corrected chi connectivity index (χ2v) is 6.70. The molecule has 9 nitrogen and oxygen atoms in total. The molecule has 3 N–H and O–H groups in total. The molecule has 2 aromatic carbocycles. The van der Waals surface area contributed by atoms with Gasteiger partial charge < -0.3 is 15.4 Å². The average molecular weight is 380 g/mol. The van der Waals surface area contributed by atoms with Crippen LogP contribution in [0.1, 0.15) is 5.56 Å².